The molecule has 32 heavy (non-hydrogen) atoms. The number of anilines is 2. The largest absolute Gasteiger partial charge is 0.478 e. The average Bonchev–Trinajstić information content (AvgIpc) is 2.74. The highest BCUT2D eigenvalue weighted by Crippen LogP contribution is 2.26. The van der Waals surface area contributed by atoms with E-state index in [4.69, 9.17) is 5.11 Å². The van der Waals surface area contributed by atoms with Gasteiger partial charge in [-0.05, 0) is 85.6 Å². The smallest absolute Gasteiger partial charge is 0.335 e. The number of hydrogen-bond acceptors (Lipinski definition) is 4. The maximum absolute atomic E-state index is 13.3. The SMILES string of the molecule is Cc1ccc(N(CC(=O)Nc2ccc(C(=O)O)cc2)S(=O)(=O)c2ccc(F)cc2)cc1C. The summed E-state index contributed by atoms with van der Waals surface area (Å²) >= 11 is 0. The topological polar surface area (TPSA) is 104 Å². The predicted octanol–water partition coefficient (Wildman–Crippen LogP) is 3.97. The summed E-state index contributed by atoms with van der Waals surface area (Å²) in [5.74, 6) is -2.31. The summed E-state index contributed by atoms with van der Waals surface area (Å²) in [4.78, 5) is 23.5. The summed E-state index contributed by atoms with van der Waals surface area (Å²) in [7, 11) is -4.18. The molecule has 0 aliphatic heterocycles. The van der Waals surface area contributed by atoms with Gasteiger partial charge in [0.25, 0.3) is 10.0 Å². The van der Waals surface area contributed by atoms with Gasteiger partial charge in [0.1, 0.15) is 12.4 Å². The Morgan fingerprint density at radius 2 is 1.56 bits per heavy atom. The summed E-state index contributed by atoms with van der Waals surface area (Å²) < 4.78 is 40.9. The second-order valence-corrected chi connectivity index (χ2v) is 9.03. The highest BCUT2D eigenvalue weighted by molar-refractivity contribution is 7.92. The fraction of sp³-hybridized carbons (Fsp3) is 0.130. The summed E-state index contributed by atoms with van der Waals surface area (Å²) in [5.41, 5.74) is 2.45. The van der Waals surface area contributed by atoms with Crippen molar-refractivity contribution in [1.29, 1.82) is 0 Å². The number of benzene rings is 3. The van der Waals surface area contributed by atoms with E-state index in [0.29, 0.717) is 5.69 Å². The molecule has 0 saturated heterocycles. The zero-order chi connectivity index (χ0) is 23.5. The summed E-state index contributed by atoms with van der Waals surface area (Å²) in [6, 6.07) is 14.8. The second kappa shape index (κ2) is 9.19. The van der Waals surface area contributed by atoms with Crippen LogP contribution in [0.4, 0.5) is 15.8 Å². The van der Waals surface area contributed by atoms with Crippen molar-refractivity contribution in [3.8, 4) is 0 Å². The van der Waals surface area contributed by atoms with Gasteiger partial charge in [-0.15, -0.1) is 0 Å². The maximum Gasteiger partial charge on any atom is 0.335 e. The first kappa shape index (κ1) is 23.0. The number of rotatable bonds is 7. The zero-order valence-corrected chi connectivity index (χ0v) is 18.2. The lowest BCUT2D eigenvalue weighted by molar-refractivity contribution is -0.114. The lowest BCUT2D eigenvalue weighted by Gasteiger charge is -2.25. The number of aryl methyl sites for hydroxylation is 2. The molecular weight excluding hydrogens is 435 g/mol. The van der Waals surface area contributed by atoms with Gasteiger partial charge < -0.3 is 10.4 Å². The first-order valence-corrected chi connectivity index (χ1v) is 11.0. The summed E-state index contributed by atoms with van der Waals surface area (Å²) in [6.45, 7) is 3.17. The lowest BCUT2D eigenvalue weighted by atomic mass is 10.1. The molecule has 7 nitrogen and oxygen atoms in total. The molecule has 0 bridgehead atoms. The zero-order valence-electron chi connectivity index (χ0n) is 17.4. The molecule has 166 valence electrons. The average molecular weight is 456 g/mol. The van der Waals surface area contributed by atoms with E-state index < -0.39 is 34.3 Å². The highest BCUT2D eigenvalue weighted by Gasteiger charge is 2.27. The molecule has 0 aliphatic rings. The van der Waals surface area contributed by atoms with E-state index in [1.54, 1.807) is 18.2 Å². The van der Waals surface area contributed by atoms with E-state index in [0.717, 1.165) is 39.7 Å². The van der Waals surface area contributed by atoms with Crippen molar-refractivity contribution in [3.63, 3.8) is 0 Å². The number of nitrogens with one attached hydrogen (secondary N) is 1. The van der Waals surface area contributed by atoms with E-state index in [-0.39, 0.29) is 16.1 Å². The Labute approximate surface area is 185 Å². The van der Waals surface area contributed by atoms with E-state index in [1.165, 1.54) is 24.3 Å². The third-order valence-corrected chi connectivity index (χ3v) is 6.67. The van der Waals surface area contributed by atoms with Crippen LogP contribution in [0.5, 0.6) is 0 Å². The molecule has 2 N–H and O–H groups in total. The van der Waals surface area contributed by atoms with Gasteiger partial charge in [0.15, 0.2) is 0 Å². The van der Waals surface area contributed by atoms with Crippen molar-refractivity contribution in [2.24, 2.45) is 0 Å². The molecule has 9 heteroatoms. The molecule has 0 spiro atoms. The Kier molecular flexibility index (Phi) is 6.59. The van der Waals surface area contributed by atoms with Crippen LogP contribution in [0.15, 0.2) is 71.6 Å². The number of carboxylic acids is 1. The van der Waals surface area contributed by atoms with Crippen LogP contribution in [0.25, 0.3) is 0 Å². The number of halogens is 1. The Balaban J connectivity index is 1.93. The van der Waals surface area contributed by atoms with E-state index in [9.17, 15) is 22.4 Å². The number of carboxylic acid groups (broad SMARTS) is 1. The first-order chi connectivity index (χ1) is 15.1. The number of aromatic carboxylic acids is 1. The van der Waals surface area contributed by atoms with E-state index in [1.807, 2.05) is 13.8 Å². The van der Waals surface area contributed by atoms with Crippen LogP contribution in [0.1, 0.15) is 21.5 Å². The standard InChI is InChI=1S/C23H21FN2O5S/c1-15-3-10-20(13-16(15)2)26(32(30,31)21-11-6-18(24)7-12-21)14-22(27)25-19-8-4-17(5-9-19)23(28)29/h3-13H,14H2,1-2H3,(H,25,27)(H,28,29). The Morgan fingerprint density at radius 3 is 2.12 bits per heavy atom. The third-order valence-electron chi connectivity index (χ3n) is 4.88. The van der Waals surface area contributed by atoms with Crippen LogP contribution in [0.2, 0.25) is 0 Å². The van der Waals surface area contributed by atoms with Crippen LogP contribution in [0.3, 0.4) is 0 Å². The molecule has 3 aromatic carbocycles. The number of carbonyl (C=O) groups excluding carboxylic acids is 1. The minimum atomic E-state index is -4.18. The molecule has 0 atom stereocenters. The predicted molar refractivity (Wildman–Crippen MR) is 119 cm³/mol. The summed E-state index contributed by atoms with van der Waals surface area (Å²) in [5, 5.41) is 11.5. The molecular formula is C23H21FN2O5S. The normalized spacial score (nSPS) is 11.1. The molecule has 3 aromatic rings. The Hall–Kier alpha value is -3.72. The van der Waals surface area contributed by atoms with Gasteiger partial charge in [-0.25, -0.2) is 17.6 Å². The van der Waals surface area contributed by atoms with Gasteiger partial charge in [-0.1, -0.05) is 6.07 Å². The number of hydrogen-bond donors (Lipinski definition) is 2. The van der Waals surface area contributed by atoms with Gasteiger partial charge in [0.2, 0.25) is 5.91 Å². The molecule has 0 unspecified atom stereocenters. The minimum absolute atomic E-state index is 0.0543. The van der Waals surface area contributed by atoms with Gasteiger partial charge in [-0.3, -0.25) is 9.10 Å². The summed E-state index contributed by atoms with van der Waals surface area (Å²) in [6.07, 6.45) is 0. The van der Waals surface area contributed by atoms with Gasteiger partial charge >= 0.3 is 5.97 Å². The quantitative estimate of drug-likeness (QED) is 0.560. The van der Waals surface area contributed by atoms with Crippen molar-refractivity contribution in [2.75, 3.05) is 16.2 Å². The number of sulfonamides is 1. The molecule has 0 radical (unpaired) electrons. The van der Waals surface area contributed by atoms with Crippen molar-refractivity contribution in [2.45, 2.75) is 18.7 Å². The molecule has 0 heterocycles. The van der Waals surface area contributed by atoms with Crippen LogP contribution < -0.4 is 9.62 Å². The molecule has 0 fully saturated rings. The molecule has 0 aliphatic carbocycles. The van der Waals surface area contributed by atoms with E-state index in [2.05, 4.69) is 5.32 Å². The molecule has 3 rings (SSSR count). The number of carbonyl (C=O) groups is 2. The lowest BCUT2D eigenvalue weighted by Crippen LogP contribution is -2.38. The third kappa shape index (κ3) is 5.12. The van der Waals surface area contributed by atoms with Crippen LogP contribution in [-0.2, 0) is 14.8 Å². The maximum atomic E-state index is 13.3. The molecule has 0 saturated carbocycles. The van der Waals surface area contributed by atoms with Crippen LogP contribution in [-0.4, -0.2) is 31.9 Å². The highest BCUT2D eigenvalue weighted by atomic mass is 32.2. The van der Waals surface area contributed by atoms with E-state index >= 15 is 0 Å². The number of nitrogens with zero attached hydrogens (tertiary/aromatic N) is 1. The van der Waals surface area contributed by atoms with Crippen molar-refractivity contribution < 1.29 is 27.5 Å². The van der Waals surface area contributed by atoms with Crippen LogP contribution in [0, 0.1) is 19.7 Å². The van der Waals surface area contributed by atoms with Crippen molar-refractivity contribution in [1.82, 2.24) is 0 Å². The second-order valence-electron chi connectivity index (χ2n) is 7.16. The molecule has 1 amide bonds. The number of amides is 1. The van der Waals surface area contributed by atoms with Gasteiger partial charge in [0, 0.05) is 5.69 Å². The minimum Gasteiger partial charge on any atom is -0.478 e. The fourth-order valence-electron chi connectivity index (χ4n) is 2.96. The molecule has 0 aromatic heterocycles. The van der Waals surface area contributed by atoms with Gasteiger partial charge in [-0.2, -0.15) is 0 Å². The fourth-order valence-corrected chi connectivity index (χ4v) is 4.37. The first-order valence-electron chi connectivity index (χ1n) is 9.57. The van der Waals surface area contributed by atoms with Crippen molar-refractivity contribution in [3.05, 3.63) is 89.2 Å². The van der Waals surface area contributed by atoms with Crippen LogP contribution >= 0.6 is 0 Å². The van der Waals surface area contributed by atoms with Gasteiger partial charge in [0.05, 0.1) is 16.1 Å². The Morgan fingerprint density at radius 1 is 0.938 bits per heavy atom. The Bertz CT molecular complexity index is 1260. The monoisotopic (exact) mass is 456 g/mol. The van der Waals surface area contributed by atoms with Crippen molar-refractivity contribution >= 4 is 33.3 Å².